The number of methoxy groups -OCH3 is 2. The second kappa shape index (κ2) is 10.6. The highest BCUT2D eigenvalue weighted by Gasteiger charge is 2.14. The number of nitrogens with one attached hydrogen (secondary N) is 1. The van der Waals surface area contributed by atoms with Gasteiger partial charge in [-0.05, 0) is 43.2 Å². The van der Waals surface area contributed by atoms with Crippen molar-refractivity contribution in [3.63, 3.8) is 0 Å². The van der Waals surface area contributed by atoms with Gasteiger partial charge in [-0.1, -0.05) is 13.8 Å². The molecule has 0 saturated carbocycles. The van der Waals surface area contributed by atoms with Crippen LogP contribution in [0.15, 0.2) is 36.4 Å². The van der Waals surface area contributed by atoms with E-state index in [1.54, 1.807) is 50.6 Å². The Morgan fingerprint density at radius 1 is 1.04 bits per heavy atom. The van der Waals surface area contributed by atoms with Crippen molar-refractivity contribution in [1.82, 2.24) is 0 Å². The van der Waals surface area contributed by atoms with E-state index >= 15 is 0 Å². The molecule has 2 aromatic carbocycles. The summed E-state index contributed by atoms with van der Waals surface area (Å²) in [5, 5.41) is 2.88. The predicted molar refractivity (Wildman–Crippen MR) is 110 cm³/mol. The van der Waals surface area contributed by atoms with Gasteiger partial charge >= 0.3 is 0 Å². The van der Waals surface area contributed by atoms with Gasteiger partial charge in [-0.25, -0.2) is 0 Å². The van der Waals surface area contributed by atoms with Crippen molar-refractivity contribution in [2.45, 2.75) is 27.4 Å². The predicted octanol–water partition coefficient (Wildman–Crippen LogP) is 4.53. The lowest BCUT2D eigenvalue weighted by Crippen LogP contribution is -2.14. The second-order valence-electron chi connectivity index (χ2n) is 6.68. The molecule has 0 aliphatic rings. The minimum Gasteiger partial charge on any atom is -0.497 e. The topological polar surface area (TPSA) is 66.0 Å². The van der Waals surface area contributed by atoms with Crippen molar-refractivity contribution in [2.24, 2.45) is 5.92 Å². The minimum atomic E-state index is -0.250. The summed E-state index contributed by atoms with van der Waals surface area (Å²) in [5.74, 6) is 2.09. The molecule has 0 atom stereocenters. The maximum absolute atomic E-state index is 12.8. The van der Waals surface area contributed by atoms with Gasteiger partial charge in [-0.15, -0.1) is 0 Å². The van der Waals surface area contributed by atoms with Gasteiger partial charge in [0.2, 0.25) is 0 Å². The zero-order chi connectivity index (χ0) is 20.5. The molecule has 0 fully saturated rings. The first kappa shape index (κ1) is 21.6. The van der Waals surface area contributed by atoms with Crippen LogP contribution in [0.3, 0.4) is 0 Å². The van der Waals surface area contributed by atoms with Crippen LogP contribution in [-0.2, 0) is 11.3 Å². The van der Waals surface area contributed by atoms with Gasteiger partial charge in [0.25, 0.3) is 5.91 Å². The van der Waals surface area contributed by atoms with E-state index in [0.717, 1.165) is 11.3 Å². The minimum absolute atomic E-state index is 0.250. The van der Waals surface area contributed by atoms with E-state index in [1.807, 2.05) is 6.92 Å². The van der Waals surface area contributed by atoms with Crippen LogP contribution >= 0.6 is 0 Å². The van der Waals surface area contributed by atoms with Crippen molar-refractivity contribution in [3.8, 4) is 17.2 Å². The van der Waals surface area contributed by atoms with Crippen molar-refractivity contribution >= 4 is 11.6 Å². The molecule has 2 rings (SSSR count). The van der Waals surface area contributed by atoms with E-state index in [9.17, 15) is 4.79 Å². The molecule has 0 aromatic heterocycles. The maximum Gasteiger partial charge on any atom is 0.255 e. The van der Waals surface area contributed by atoms with Gasteiger partial charge in [0.05, 0.1) is 33.1 Å². The fourth-order valence-corrected chi connectivity index (χ4v) is 2.64. The Morgan fingerprint density at radius 3 is 2.43 bits per heavy atom. The highest BCUT2D eigenvalue weighted by atomic mass is 16.5. The third-order valence-electron chi connectivity index (χ3n) is 3.99. The van der Waals surface area contributed by atoms with E-state index in [1.165, 1.54) is 0 Å². The number of anilines is 1. The lowest BCUT2D eigenvalue weighted by atomic mass is 10.1. The summed E-state index contributed by atoms with van der Waals surface area (Å²) < 4.78 is 22.0. The first-order chi connectivity index (χ1) is 13.5. The fourth-order valence-electron chi connectivity index (χ4n) is 2.64. The smallest absolute Gasteiger partial charge is 0.255 e. The van der Waals surface area contributed by atoms with Crippen molar-refractivity contribution in [1.29, 1.82) is 0 Å². The summed E-state index contributed by atoms with van der Waals surface area (Å²) in [4.78, 5) is 12.8. The summed E-state index contributed by atoms with van der Waals surface area (Å²) in [5.41, 5.74) is 1.89. The summed E-state index contributed by atoms with van der Waals surface area (Å²) >= 11 is 0. The van der Waals surface area contributed by atoms with Gasteiger partial charge in [-0.2, -0.15) is 0 Å². The van der Waals surface area contributed by atoms with Crippen molar-refractivity contribution < 1.29 is 23.7 Å². The molecule has 0 radical (unpaired) electrons. The number of rotatable bonds is 10. The number of hydrogen-bond donors (Lipinski definition) is 1. The molecule has 0 spiro atoms. The van der Waals surface area contributed by atoms with Crippen LogP contribution in [0, 0.1) is 5.92 Å². The van der Waals surface area contributed by atoms with Crippen molar-refractivity contribution in [3.05, 3.63) is 47.5 Å². The van der Waals surface area contributed by atoms with Crippen LogP contribution in [0.4, 0.5) is 5.69 Å². The number of carbonyl (C=O) groups excluding carboxylic acids is 1. The molecule has 0 unspecified atom stereocenters. The third kappa shape index (κ3) is 5.89. The van der Waals surface area contributed by atoms with Crippen molar-refractivity contribution in [2.75, 3.05) is 32.8 Å². The molecule has 0 aliphatic carbocycles. The van der Waals surface area contributed by atoms with Crippen LogP contribution in [0.2, 0.25) is 0 Å². The standard InChI is InChI=1S/C22H29NO5/c1-6-28-20-9-7-16(11-17(20)14-27-13-15(2)3)22(24)23-19-12-18(25-4)8-10-21(19)26-5/h7-12,15H,6,13-14H2,1-5H3,(H,23,24). The molecule has 0 saturated heterocycles. The number of carbonyl (C=O) groups is 1. The average molecular weight is 387 g/mol. The monoisotopic (exact) mass is 387 g/mol. The van der Waals surface area contributed by atoms with Crippen LogP contribution in [0.5, 0.6) is 17.2 Å². The van der Waals surface area contributed by atoms with Crippen LogP contribution in [0.25, 0.3) is 0 Å². The lowest BCUT2D eigenvalue weighted by molar-refractivity contribution is 0.0948. The second-order valence-corrected chi connectivity index (χ2v) is 6.68. The molecule has 152 valence electrons. The number of ether oxygens (including phenoxy) is 4. The van der Waals surface area contributed by atoms with Gasteiger partial charge < -0.3 is 24.3 Å². The summed E-state index contributed by atoms with van der Waals surface area (Å²) in [6, 6.07) is 10.6. The highest BCUT2D eigenvalue weighted by molar-refractivity contribution is 6.05. The largest absolute Gasteiger partial charge is 0.497 e. The number of hydrogen-bond acceptors (Lipinski definition) is 5. The van der Waals surface area contributed by atoms with Crippen LogP contribution in [0.1, 0.15) is 36.7 Å². The van der Waals surface area contributed by atoms with Crippen LogP contribution < -0.4 is 19.5 Å². The number of amides is 1. The molecule has 0 bridgehead atoms. The zero-order valence-electron chi connectivity index (χ0n) is 17.2. The SMILES string of the molecule is CCOc1ccc(C(=O)Nc2cc(OC)ccc2OC)cc1COCC(C)C. The van der Waals surface area contributed by atoms with Crippen LogP contribution in [-0.4, -0.2) is 33.3 Å². The van der Waals surface area contributed by atoms with Gasteiger partial charge in [0, 0.05) is 23.8 Å². The quantitative estimate of drug-likeness (QED) is 0.649. The lowest BCUT2D eigenvalue weighted by Gasteiger charge is -2.15. The van der Waals surface area contributed by atoms with Gasteiger partial charge in [0.15, 0.2) is 0 Å². The maximum atomic E-state index is 12.8. The normalized spacial score (nSPS) is 10.6. The summed E-state index contributed by atoms with van der Waals surface area (Å²) in [6.45, 7) is 7.68. The molecule has 1 N–H and O–H groups in total. The molecule has 6 heteroatoms. The molecular weight excluding hydrogens is 358 g/mol. The molecule has 1 amide bonds. The van der Waals surface area contributed by atoms with E-state index in [-0.39, 0.29) is 5.91 Å². The number of benzene rings is 2. The average Bonchev–Trinajstić information content (AvgIpc) is 2.68. The fraction of sp³-hybridized carbons (Fsp3) is 0.409. The first-order valence-electron chi connectivity index (χ1n) is 9.35. The van der Waals surface area contributed by atoms with Gasteiger partial charge in [0.1, 0.15) is 17.2 Å². The Labute approximate surface area is 166 Å². The Bertz CT molecular complexity index is 788. The molecule has 2 aromatic rings. The Kier molecular flexibility index (Phi) is 8.14. The molecule has 0 heterocycles. The zero-order valence-corrected chi connectivity index (χ0v) is 17.2. The molecule has 0 aliphatic heterocycles. The first-order valence-corrected chi connectivity index (χ1v) is 9.35. The summed E-state index contributed by atoms with van der Waals surface area (Å²) in [6.07, 6.45) is 0. The van der Waals surface area contributed by atoms with Gasteiger partial charge in [-0.3, -0.25) is 4.79 Å². The van der Waals surface area contributed by atoms with E-state index in [2.05, 4.69) is 19.2 Å². The van der Waals surface area contributed by atoms with E-state index < -0.39 is 0 Å². The summed E-state index contributed by atoms with van der Waals surface area (Å²) in [7, 11) is 3.13. The molecular formula is C22H29NO5. The Morgan fingerprint density at radius 2 is 1.79 bits per heavy atom. The molecule has 28 heavy (non-hydrogen) atoms. The van der Waals surface area contributed by atoms with E-state index in [4.69, 9.17) is 18.9 Å². The Balaban J connectivity index is 2.22. The molecule has 6 nitrogen and oxygen atoms in total. The van der Waals surface area contributed by atoms with E-state index in [0.29, 0.717) is 48.5 Å². The Hall–Kier alpha value is -2.73. The highest BCUT2D eigenvalue weighted by Crippen LogP contribution is 2.30. The third-order valence-corrected chi connectivity index (χ3v) is 3.99.